The number of benzene rings is 1. The molecule has 1 heterocycles. The van der Waals surface area contributed by atoms with E-state index < -0.39 is 0 Å². The van der Waals surface area contributed by atoms with Crippen molar-refractivity contribution in [2.75, 3.05) is 6.61 Å². The second-order valence-electron chi connectivity index (χ2n) is 5.38. The summed E-state index contributed by atoms with van der Waals surface area (Å²) in [5.74, 6) is 1.21. The quantitative estimate of drug-likeness (QED) is 0.694. The van der Waals surface area contributed by atoms with Crippen LogP contribution >= 0.6 is 0 Å². The van der Waals surface area contributed by atoms with Crippen LogP contribution in [-0.2, 0) is 11.8 Å². The first-order chi connectivity index (χ1) is 7.77. The Hall–Kier alpha value is -0.980. The van der Waals surface area contributed by atoms with Gasteiger partial charge in [-0.1, -0.05) is 31.9 Å². The maximum Gasteiger partial charge on any atom is 0.126 e. The Labute approximate surface area is 97.8 Å². The lowest BCUT2D eigenvalue weighted by molar-refractivity contribution is 0.266. The third-order valence-electron chi connectivity index (χ3n) is 4.41. The zero-order valence-electron chi connectivity index (χ0n) is 10.3. The van der Waals surface area contributed by atoms with Crippen LogP contribution in [0.25, 0.3) is 0 Å². The van der Waals surface area contributed by atoms with Crippen molar-refractivity contribution in [3.8, 4) is 5.75 Å². The number of fused-ring (bicyclic) bond motifs is 2. The van der Waals surface area contributed by atoms with E-state index in [1.54, 1.807) is 5.56 Å². The van der Waals surface area contributed by atoms with Gasteiger partial charge in [0, 0.05) is 11.0 Å². The Balaban J connectivity index is 2.19. The van der Waals surface area contributed by atoms with Crippen molar-refractivity contribution in [1.29, 1.82) is 0 Å². The summed E-state index contributed by atoms with van der Waals surface area (Å²) in [7, 11) is 0. The van der Waals surface area contributed by atoms with E-state index in [-0.39, 0.29) is 0 Å². The first-order valence-electron chi connectivity index (χ1n) is 6.52. The Morgan fingerprint density at radius 1 is 1.25 bits per heavy atom. The molecule has 1 aromatic rings. The van der Waals surface area contributed by atoms with Gasteiger partial charge < -0.3 is 4.74 Å². The number of hydrogen-bond acceptors (Lipinski definition) is 1. The molecule has 1 saturated carbocycles. The molecule has 1 spiro atoms. The van der Waals surface area contributed by atoms with E-state index in [0.29, 0.717) is 5.41 Å². The van der Waals surface area contributed by atoms with Gasteiger partial charge in [-0.15, -0.1) is 0 Å². The molecule has 0 N–H and O–H groups in total. The summed E-state index contributed by atoms with van der Waals surface area (Å²) < 4.78 is 6.01. The second-order valence-corrected chi connectivity index (χ2v) is 5.38. The van der Waals surface area contributed by atoms with Crippen molar-refractivity contribution in [3.05, 3.63) is 28.8 Å². The Morgan fingerprint density at radius 3 is 2.69 bits per heavy atom. The third-order valence-corrected chi connectivity index (χ3v) is 4.41. The molecule has 0 atom stereocenters. The lowest BCUT2D eigenvalue weighted by atomic mass is 9.77. The predicted molar refractivity (Wildman–Crippen MR) is 66.2 cm³/mol. The molecule has 0 unspecified atom stereocenters. The van der Waals surface area contributed by atoms with Crippen molar-refractivity contribution in [3.63, 3.8) is 0 Å². The number of ether oxygens (including phenoxy) is 1. The minimum absolute atomic E-state index is 0.382. The van der Waals surface area contributed by atoms with Crippen LogP contribution < -0.4 is 4.74 Å². The van der Waals surface area contributed by atoms with Gasteiger partial charge in [0.05, 0.1) is 6.61 Å². The van der Waals surface area contributed by atoms with Gasteiger partial charge in [0.1, 0.15) is 5.75 Å². The van der Waals surface area contributed by atoms with Crippen LogP contribution in [0.4, 0.5) is 0 Å². The van der Waals surface area contributed by atoms with Crippen molar-refractivity contribution in [2.45, 2.75) is 51.4 Å². The van der Waals surface area contributed by atoms with E-state index in [1.165, 1.54) is 42.6 Å². The second kappa shape index (κ2) is 3.51. The van der Waals surface area contributed by atoms with Crippen molar-refractivity contribution >= 4 is 0 Å². The fourth-order valence-electron chi connectivity index (χ4n) is 3.52. The van der Waals surface area contributed by atoms with Crippen LogP contribution in [0.5, 0.6) is 5.75 Å². The summed E-state index contributed by atoms with van der Waals surface area (Å²) >= 11 is 0. The number of aryl methyl sites for hydroxylation is 2. The molecule has 1 aromatic carbocycles. The molecule has 1 heteroatoms. The summed E-state index contributed by atoms with van der Waals surface area (Å²) in [4.78, 5) is 0. The highest BCUT2D eigenvalue weighted by Crippen LogP contribution is 2.51. The minimum atomic E-state index is 0.382. The van der Waals surface area contributed by atoms with Crippen molar-refractivity contribution in [1.82, 2.24) is 0 Å². The Bertz CT molecular complexity index is 414. The summed E-state index contributed by atoms with van der Waals surface area (Å²) in [5, 5.41) is 0. The van der Waals surface area contributed by atoms with Gasteiger partial charge in [-0.25, -0.2) is 0 Å². The van der Waals surface area contributed by atoms with Crippen molar-refractivity contribution < 1.29 is 4.74 Å². The average Bonchev–Trinajstić information content (AvgIpc) is 2.90. The van der Waals surface area contributed by atoms with Gasteiger partial charge in [-0.05, 0) is 37.3 Å². The summed E-state index contributed by atoms with van der Waals surface area (Å²) in [6.07, 6.45) is 6.54. The third kappa shape index (κ3) is 1.24. The maximum absolute atomic E-state index is 6.01. The molecule has 0 saturated heterocycles. The van der Waals surface area contributed by atoms with Crippen LogP contribution in [0.15, 0.2) is 12.1 Å². The topological polar surface area (TPSA) is 9.23 Å². The molecule has 16 heavy (non-hydrogen) atoms. The van der Waals surface area contributed by atoms with Gasteiger partial charge in [0.2, 0.25) is 0 Å². The normalized spacial score (nSPS) is 21.1. The molecule has 1 fully saturated rings. The van der Waals surface area contributed by atoms with E-state index in [1.807, 2.05) is 0 Å². The smallest absolute Gasteiger partial charge is 0.126 e. The highest BCUT2D eigenvalue weighted by atomic mass is 16.5. The Kier molecular flexibility index (Phi) is 2.24. The van der Waals surface area contributed by atoms with Gasteiger partial charge in [0.25, 0.3) is 0 Å². The lowest BCUT2D eigenvalue weighted by Crippen LogP contribution is -2.24. The molecular weight excluding hydrogens is 196 g/mol. The Morgan fingerprint density at radius 2 is 2.00 bits per heavy atom. The molecule has 1 aliphatic carbocycles. The van der Waals surface area contributed by atoms with Gasteiger partial charge in [-0.2, -0.15) is 0 Å². The van der Waals surface area contributed by atoms with Crippen LogP contribution in [0.3, 0.4) is 0 Å². The zero-order valence-corrected chi connectivity index (χ0v) is 10.3. The molecule has 86 valence electrons. The SMILES string of the molecule is CCc1ccc(C)c2c1C1(CCCC1)CO2. The standard InChI is InChI=1S/C15H20O/c1-3-12-7-6-11(2)14-13(12)15(10-16-14)8-4-5-9-15/h6-7H,3-5,8-10H2,1-2H3. The van der Waals surface area contributed by atoms with E-state index in [9.17, 15) is 0 Å². The van der Waals surface area contributed by atoms with Crippen LogP contribution in [0, 0.1) is 6.92 Å². The highest BCUT2D eigenvalue weighted by molar-refractivity contribution is 5.53. The van der Waals surface area contributed by atoms with Crippen LogP contribution in [0.2, 0.25) is 0 Å². The molecule has 0 radical (unpaired) electrons. The van der Waals surface area contributed by atoms with E-state index in [2.05, 4.69) is 26.0 Å². The summed E-state index contributed by atoms with van der Waals surface area (Å²) in [6.45, 7) is 5.36. The largest absolute Gasteiger partial charge is 0.492 e. The molecule has 1 nitrogen and oxygen atoms in total. The lowest BCUT2D eigenvalue weighted by Gasteiger charge is -2.23. The summed E-state index contributed by atoms with van der Waals surface area (Å²) in [5.41, 5.74) is 4.77. The molecule has 0 aromatic heterocycles. The van der Waals surface area contributed by atoms with Crippen LogP contribution in [0.1, 0.15) is 49.3 Å². The first-order valence-corrected chi connectivity index (χ1v) is 6.52. The molecule has 2 aliphatic rings. The monoisotopic (exact) mass is 216 g/mol. The highest BCUT2D eigenvalue weighted by Gasteiger charge is 2.44. The molecule has 0 bridgehead atoms. The van der Waals surface area contributed by atoms with Gasteiger partial charge >= 0.3 is 0 Å². The fourth-order valence-corrected chi connectivity index (χ4v) is 3.52. The maximum atomic E-state index is 6.01. The van der Waals surface area contributed by atoms with Crippen LogP contribution in [-0.4, -0.2) is 6.61 Å². The fraction of sp³-hybridized carbons (Fsp3) is 0.600. The molecular formula is C15H20O. The number of hydrogen-bond donors (Lipinski definition) is 0. The predicted octanol–water partition coefficient (Wildman–Crippen LogP) is 3.76. The van der Waals surface area contributed by atoms with E-state index in [0.717, 1.165) is 13.0 Å². The number of rotatable bonds is 1. The minimum Gasteiger partial charge on any atom is -0.492 e. The van der Waals surface area contributed by atoms with E-state index in [4.69, 9.17) is 4.74 Å². The summed E-state index contributed by atoms with van der Waals surface area (Å²) in [6, 6.07) is 4.52. The van der Waals surface area contributed by atoms with E-state index >= 15 is 0 Å². The van der Waals surface area contributed by atoms with Crippen molar-refractivity contribution in [2.24, 2.45) is 0 Å². The van der Waals surface area contributed by atoms with Gasteiger partial charge in [0.15, 0.2) is 0 Å². The molecule has 3 rings (SSSR count). The zero-order chi connectivity index (χ0) is 11.2. The average molecular weight is 216 g/mol. The first kappa shape index (κ1) is 10.2. The van der Waals surface area contributed by atoms with Gasteiger partial charge in [-0.3, -0.25) is 0 Å². The molecule has 0 amide bonds. The molecule has 1 aliphatic heterocycles.